The Kier molecular flexibility index (Phi) is 3.92. The number of halogens is 1. The van der Waals surface area contributed by atoms with E-state index in [2.05, 4.69) is 24.8 Å². The topological polar surface area (TPSA) is 75.1 Å². The third-order valence-corrected chi connectivity index (χ3v) is 3.44. The normalized spacial score (nSPS) is 15.1. The van der Waals surface area contributed by atoms with E-state index in [4.69, 9.17) is 11.6 Å². The molecule has 0 bridgehead atoms. The fourth-order valence-electron chi connectivity index (χ4n) is 2.15. The first-order valence-electron chi connectivity index (χ1n) is 6.53. The van der Waals surface area contributed by atoms with Crippen LogP contribution < -0.4 is 4.90 Å². The number of amides is 1. The van der Waals surface area contributed by atoms with E-state index < -0.39 is 0 Å². The van der Waals surface area contributed by atoms with Gasteiger partial charge in [0.25, 0.3) is 5.91 Å². The average molecular weight is 305 g/mol. The van der Waals surface area contributed by atoms with Crippen molar-refractivity contribution in [1.29, 1.82) is 0 Å². The Balaban J connectivity index is 1.63. The Bertz CT molecular complexity index is 612. The van der Waals surface area contributed by atoms with Crippen molar-refractivity contribution in [2.24, 2.45) is 0 Å². The zero-order chi connectivity index (χ0) is 14.7. The van der Waals surface area contributed by atoms with Gasteiger partial charge in [-0.3, -0.25) is 4.79 Å². The number of carbonyl (C=O) groups is 1. The SMILES string of the molecule is O=C(c1cnc(Cl)cn1)N1CCN(c2ncccn2)CC1. The van der Waals surface area contributed by atoms with Crippen LogP contribution in [0.15, 0.2) is 30.9 Å². The number of hydrogen-bond donors (Lipinski definition) is 0. The molecule has 0 unspecified atom stereocenters. The molecule has 1 fully saturated rings. The Morgan fingerprint density at radius 3 is 2.33 bits per heavy atom. The van der Waals surface area contributed by atoms with Crippen molar-refractivity contribution in [3.8, 4) is 0 Å². The first-order chi connectivity index (χ1) is 10.2. The van der Waals surface area contributed by atoms with E-state index in [-0.39, 0.29) is 11.1 Å². The predicted molar refractivity (Wildman–Crippen MR) is 77.2 cm³/mol. The second-order valence-corrected chi connectivity index (χ2v) is 4.94. The summed E-state index contributed by atoms with van der Waals surface area (Å²) in [7, 11) is 0. The van der Waals surface area contributed by atoms with E-state index in [0.717, 1.165) is 0 Å². The average Bonchev–Trinajstić information content (AvgIpc) is 2.56. The Morgan fingerprint density at radius 1 is 1.00 bits per heavy atom. The van der Waals surface area contributed by atoms with Crippen LogP contribution in [0.25, 0.3) is 0 Å². The molecule has 2 aromatic heterocycles. The summed E-state index contributed by atoms with van der Waals surface area (Å²) in [5.74, 6) is 0.559. The van der Waals surface area contributed by atoms with Gasteiger partial charge in [0.15, 0.2) is 0 Å². The summed E-state index contributed by atoms with van der Waals surface area (Å²) in [6.07, 6.45) is 6.20. The van der Waals surface area contributed by atoms with Crippen LogP contribution in [0.3, 0.4) is 0 Å². The van der Waals surface area contributed by atoms with E-state index in [0.29, 0.717) is 37.8 Å². The Hall–Kier alpha value is -2.28. The summed E-state index contributed by atoms with van der Waals surface area (Å²) in [4.78, 5) is 32.4. The molecule has 7 nitrogen and oxygen atoms in total. The molecule has 0 aromatic carbocycles. The van der Waals surface area contributed by atoms with E-state index in [9.17, 15) is 4.79 Å². The molecule has 0 N–H and O–H groups in total. The number of piperazine rings is 1. The number of nitrogens with zero attached hydrogens (tertiary/aromatic N) is 6. The molecular weight excluding hydrogens is 292 g/mol. The highest BCUT2D eigenvalue weighted by Gasteiger charge is 2.24. The first kappa shape index (κ1) is 13.7. The molecule has 1 saturated heterocycles. The second-order valence-electron chi connectivity index (χ2n) is 4.55. The molecule has 0 atom stereocenters. The van der Waals surface area contributed by atoms with Crippen LogP contribution in [0.2, 0.25) is 5.15 Å². The molecule has 21 heavy (non-hydrogen) atoms. The van der Waals surface area contributed by atoms with Crippen LogP contribution in [0.4, 0.5) is 5.95 Å². The lowest BCUT2D eigenvalue weighted by Gasteiger charge is -2.34. The van der Waals surface area contributed by atoms with Gasteiger partial charge in [-0.15, -0.1) is 0 Å². The minimum atomic E-state index is -0.132. The summed E-state index contributed by atoms with van der Waals surface area (Å²) in [6.45, 7) is 2.58. The molecule has 0 spiro atoms. The molecule has 108 valence electrons. The van der Waals surface area contributed by atoms with E-state index in [1.165, 1.54) is 12.4 Å². The minimum absolute atomic E-state index is 0.132. The van der Waals surface area contributed by atoms with Crippen LogP contribution in [0.5, 0.6) is 0 Å². The van der Waals surface area contributed by atoms with Crippen molar-refractivity contribution in [3.63, 3.8) is 0 Å². The number of carbonyl (C=O) groups excluding carboxylic acids is 1. The monoisotopic (exact) mass is 304 g/mol. The van der Waals surface area contributed by atoms with Crippen molar-refractivity contribution in [2.75, 3.05) is 31.1 Å². The lowest BCUT2D eigenvalue weighted by atomic mass is 10.3. The van der Waals surface area contributed by atoms with Gasteiger partial charge in [-0.05, 0) is 6.07 Å². The fourth-order valence-corrected chi connectivity index (χ4v) is 2.25. The van der Waals surface area contributed by atoms with Crippen molar-refractivity contribution in [3.05, 3.63) is 41.7 Å². The van der Waals surface area contributed by atoms with Crippen molar-refractivity contribution in [2.45, 2.75) is 0 Å². The van der Waals surface area contributed by atoms with Gasteiger partial charge < -0.3 is 9.80 Å². The lowest BCUT2D eigenvalue weighted by Crippen LogP contribution is -2.49. The van der Waals surface area contributed by atoms with Gasteiger partial charge in [0.2, 0.25) is 5.95 Å². The third-order valence-electron chi connectivity index (χ3n) is 3.24. The first-order valence-corrected chi connectivity index (χ1v) is 6.90. The molecule has 3 heterocycles. The maximum absolute atomic E-state index is 12.3. The second kappa shape index (κ2) is 6.01. The van der Waals surface area contributed by atoms with Gasteiger partial charge >= 0.3 is 0 Å². The third kappa shape index (κ3) is 3.08. The van der Waals surface area contributed by atoms with Gasteiger partial charge in [0, 0.05) is 38.6 Å². The molecule has 0 aliphatic carbocycles. The van der Waals surface area contributed by atoms with Crippen molar-refractivity contribution in [1.82, 2.24) is 24.8 Å². The lowest BCUT2D eigenvalue weighted by molar-refractivity contribution is 0.0740. The minimum Gasteiger partial charge on any atom is -0.337 e. The van der Waals surface area contributed by atoms with Crippen LogP contribution in [0, 0.1) is 0 Å². The quantitative estimate of drug-likeness (QED) is 0.820. The van der Waals surface area contributed by atoms with Crippen LogP contribution >= 0.6 is 11.6 Å². The van der Waals surface area contributed by atoms with Crippen LogP contribution in [-0.2, 0) is 0 Å². The smallest absolute Gasteiger partial charge is 0.274 e. The summed E-state index contributed by atoms with van der Waals surface area (Å²) in [5, 5.41) is 0.276. The van der Waals surface area contributed by atoms with Crippen LogP contribution in [-0.4, -0.2) is 56.9 Å². The number of hydrogen-bond acceptors (Lipinski definition) is 6. The van der Waals surface area contributed by atoms with Gasteiger partial charge in [-0.2, -0.15) is 0 Å². The largest absolute Gasteiger partial charge is 0.337 e. The molecule has 1 amide bonds. The molecule has 0 radical (unpaired) electrons. The maximum atomic E-state index is 12.3. The zero-order valence-corrected chi connectivity index (χ0v) is 11.9. The summed E-state index contributed by atoms with van der Waals surface area (Å²) in [5.41, 5.74) is 0.309. The van der Waals surface area contributed by atoms with E-state index >= 15 is 0 Å². The van der Waals surface area contributed by atoms with Gasteiger partial charge in [0.05, 0.1) is 12.4 Å². The van der Waals surface area contributed by atoms with E-state index in [1.807, 2.05) is 0 Å². The number of anilines is 1. The molecule has 1 aliphatic heterocycles. The molecule has 1 aliphatic rings. The summed E-state index contributed by atoms with van der Waals surface area (Å²) in [6, 6.07) is 1.78. The molecule has 2 aromatic rings. The highest BCUT2D eigenvalue weighted by atomic mass is 35.5. The number of rotatable bonds is 2. The molecule has 3 rings (SSSR count). The highest BCUT2D eigenvalue weighted by molar-refractivity contribution is 6.29. The summed E-state index contributed by atoms with van der Waals surface area (Å²) >= 11 is 5.67. The standard InChI is InChI=1S/C13H13ClN6O/c14-11-9-17-10(8-18-11)12(21)19-4-6-20(7-5-19)13-15-2-1-3-16-13/h1-3,8-9H,4-7H2. The highest BCUT2D eigenvalue weighted by Crippen LogP contribution is 2.12. The van der Waals surface area contributed by atoms with E-state index in [1.54, 1.807) is 23.4 Å². The van der Waals surface area contributed by atoms with Crippen molar-refractivity contribution < 1.29 is 4.79 Å². The van der Waals surface area contributed by atoms with Gasteiger partial charge in [0.1, 0.15) is 10.8 Å². The fraction of sp³-hybridized carbons (Fsp3) is 0.308. The van der Waals surface area contributed by atoms with Crippen molar-refractivity contribution >= 4 is 23.5 Å². The zero-order valence-electron chi connectivity index (χ0n) is 11.2. The number of aromatic nitrogens is 4. The Morgan fingerprint density at radius 2 is 1.71 bits per heavy atom. The van der Waals surface area contributed by atoms with Gasteiger partial charge in [-0.25, -0.2) is 19.9 Å². The Labute approximate surface area is 126 Å². The van der Waals surface area contributed by atoms with Crippen LogP contribution in [0.1, 0.15) is 10.5 Å². The van der Waals surface area contributed by atoms with Gasteiger partial charge in [-0.1, -0.05) is 11.6 Å². The predicted octanol–water partition coefficient (Wildman–Crippen LogP) is 0.882. The molecular formula is C13H13ClN6O. The summed E-state index contributed by atoms with van der Waals surface area (Å²) < 4.78 is 0. The molecule has 8 heteroatoms. The molecule has 0 saturated carbocycles. The maximum Gasteiger partial charge on any atom is 0.274 e.